The van der Waals surface area contributed by atoms with Gasteiger partial charge in [0, 0.05) is 13.1 Å². The molecule has 21 heavy (non-hydrogen) atoms. The van der Waals surface area contributed by atoms with Gasteiger partial charge < -0.3 is 10.1 Å². The SMILES string of the molecule is CCNCCc1ccc(S(=O)(=O)NN2CCOCC2)cc1. The highest BCUT2D eigenvalue weighted by Gasteiger charge is 2.19. The number of morpholine rings is 1. The average molecular weight is 313 g/mol. The van der Waals surface area contributed by atoms with Gasteiger partial charge in [-0.3, -0.25) is 0 Å². The molecule has 1 aromatic carbocycles. The van der Waals surface area contributed by atoms with Crippen LogP contribution < -0.4 is 10.1 Å². The Morgan fingerprint density at radius 2 is 1.86 bits per heavy atom. The lowest BCUT2D eigenvalue weighted by molar-refractivity contribution is 0.0272. The van der Waals surface area contributed by atoms with Crippen LogP contribution in [-0.2, 0) is 21.2 Å². The molecule has 118 valence electrons. The van der Waals surface area contributed by atoms with Crippen molar-refractivity contribution in [2.45, 2.75) is 18.2 Å². The lowest BCUT2D eigenvalue weighted by Gasteiger charge is -2.26. The van der Waals surface area contributed by atoms with E-state index in [4.69, 9.17) is 4.74 Å². The first-order chi connectivity index (χ1) is 10.1. The maximum absolute atomic E-state index is 12.3. The van der Waals surface area contributed by atoms with E-state index >= 15 is 0 Å². The number of nitrogens with one attached hydrogen (secondary N) is 2. The molecule has 6 nitrogen and oxygen atoms in total. The zero-order chi connectivity index (χ0) is 15.1. The number of ether oxygens (including phenoxy) is 1. The minimum absolute atomic E-state index is 0.293. The van der Waals surface area contributed by atoms with Crippen molar-refractivity contribution in [1.82, 2.24) is 15.2 Å². The average Bonchev–Trinajstić information content (AvgIpc) is 2.49. The molecule has 1 aromatic rings. The van der Waals surface area contributed by atoms with Crippen LogP contribution >= 0.6 is 0 Å². The van der Waals surface area contributed by atoms with Crippen LogP contribution in [0.15, 0.2) is 29.2 Å². The van der Waals surface area contributed by atoms with Gasteiger partial charge in [-0.15, -0.1) is 4.83 Å². The van der Waals surface area contributed by atoms with Gasteiger partial charge in [-0.2, -0.15) is 0 Å². The summed E-state index contributed by atoms with van der Waals surface area (Å²) in [6, 6.07) is 7.05. The number of hydrazine groups is 1. The molecule has 1 fully saturated rings. The Balaban J connectivity index is 1.95. The van der Waals surface area contributed by atoms with E-state index in [2.05, 4.69) is 17.1 Å². The number of benzene rings is 1. The molecule has 7 heteroatoms. The molecular formula is C14H23N3O3S. The van der Waals surface area contributed by atoms with Crippen molar-refractivity contribution in [2.24, 2.45) is 0 Å². The largest absolute Gasteiger partial charge is 0.379 e. The van der Waals surface area contributed by atoms with Gasteiger partial charge in [-0.05, 0) is 37.2 Å². The van der Waals surface area contributed by atoms with E-state index < -0.39 is 10.0 Å². The standard InChI is InChI=1S/C14H23N3O3S/c1-2-15-8-7-13-3-5-14(6-4-13)21(18,19)16-17-9-11-20-12-10-17/h3-6,15-16H,2,7-12H2,1H3. The highest BCUT2D eigenvalue weighted by Crippen LogP contribution is 2.11. The molecule has 0 atom stereocenters. The van der Waals surface area contributed by atoms with E-state index in [1.807, 2.05) is 12.1 Å². The fraction of sp³-hybridized carbons (Fsp3) is 0.571. The molecule has 1 saturated heterocycles. The van der Waals surface area contributed by atoms with Crippen molar-refractivity contribution in [3.05, 3.63) is 29.8 Å². The summed E-state index contributed by atoms with van der Waals surface area (Å²) in [7, 11) is -3.50. The van der Waals surface area contributed by atoms with Crippen LogP contribution in [0, 0.1) is 0 Å². The third kappa shape index (κ3) is 5.05. The van der Waals surface area contributed by atoms with Gasteiger partial charge in [0.25, 0.3) is 10.0 Å². The van der Waals surface area contributed by atoms with Gasteiger partial charge in [0.1, 0.15) is 0 Å². The van der Waals surface area contributed by atoms with Gasteiger partial charge >= 0.3 is 0 Å². The summed E-state index contributed by atoms with van der Waals surface area (Å²) in [6.07, 6.45) is 0.894. The molecule has 1 aliphatic heterocycles. The Morgan fingerprint density at radius 3 is 2.48 bits per heavy atom. The van der Waals surface area contributed by atoms with Gasteiger partial charge in [-0.1, -0.05) is 19.1 Å². The first kappa shape index (κ1) is 16.4. The maximum atomic E-state index is 12.3. The second kappa shape index (κ2) is 7.86. The predicted octanol–water partition coefficient (Wildman–Crippen LogP) is 0.364. The Bertz CT molecular complexity index is 525. The molecule has 0 amide bonds. The monoisotopic (exact) mass is 313 g/mol. The summed E-state index contributed by atoms with van der Waals surface area (Å²) >= 11 is 0. The summed E-state index contributed by atoms with van der Waals surface area (Å²) < 4.78 is 29.7. The molecule has 0 bridgehead atoms. The molecule has 0 spiro atoms. The van der Waals surface area contributed by atoms with Crippen molar-refractivity contribution in [3.63, 3.8) is 0 Å². The van der Waals surface area contributed by atoms with Gasteiger partial charge in [0.15, 0.2) is 0 Å². The zero-order valence-electron chi connectivity index (χ0n) is 12.3. The smallest absolute Gasteiger partial charge is 0.253 e. The molecule has 0 aliphatic carbocycles. The maximum Gasteiger partial charge on any atom is 0.253 e. The van der Waals surface area contributed by atoms with Gasteiger partial charge in [0.2, 0.25) is 0 Å². The van der Waals surface area contributed by atoms with Crippen LogP contribution in [0.2, 0.25) is 0 Å². The van der Waals surface area contributed by atoms with Gasteiger partial charge in [-0.25, -0.2) is 13.4 Å². The first-order valence-corrected chi connectivity index (χ1v) is 8.75. The quantitative estimate of drug-likeness (QED) is 0.712. The molecule has 0 radical (unpaired) electrons. The van der Waals surface area contributed by atoms with Crippen molar-refractivity contribution < 1.29 is 13.2 Å². The molecule has 0 aromatic heterocycles. The summed E-state index contributed by atoms with van der Waals surface area (Å²) in [5.74, 6) is 0. The van der Waals surface area contributed by atoms with Crippen LogP contribution in [0.5, 0.6) is 0 Å². The van der Waals surface area contributed by atoms with Crippen LogP contribution in [0.25, 0.3) is 0 Å². The third-order valence-corrected chi connectivity index (χ3v) is 4.73. The predicted molar refractivity (Wildman–Crippen MR) is 81.4 cm³/mol. The van der Waals surface area contributed by atoms with Crippen LogP contribution in [0.1, 0.15) is 12.5 Å². The van der Waals surface area contributed by atoms with E-state index in [1.165, 1.54) is 0 Å². The summed E-state index contributed by atoms with van der Waals surface area (Å²) in [5.41, 5.74) is 1.13. The molecule has 2 rings (SSSR count). The number of hydrogen-bond acceptors (Lipinski definition) is 5. The van der Waals surface area contributed by atoms with Gasteiger partial charge in [0.05, 0.1) is 18.1 Å². The Hall–Kier alpha value is -0.990. The lowest BCUT2D eigenvalue weighted by atomic mass is 10.1. The van der Waals surface area contributed by atoms with E-state index in [1.54, 1.807) is 17.1 Å². The van der Waals surface area contributed by atoms with Crippen LogP contribution in [0.4, 0.5) is 0 Å². The van der Waals surface area contributed by atoms with Crippen molar-refractivity contribution in [1.29, 1.82) is 0 Å². The normalized spacial score (nSPS) is 17.0. The van der Waals surface area contributed by atoms with E-state index in [9.17, 15) is 8.42 Å². The Kier molecular flexibility index (Phi) is 6.13. The van der Waals surface area contributed by atoms with E-state index in [0.29, 0.717) is 31.2 Å². The lowest BCUT2D eigenvalue weighted by Crippen LogP contribution is -2.48. The minimum Gasteiger partial charge on any atom is -0.379 e. The second-order valence-corrected chi connectivity index (χ2v) is 6.60. The number of nitrogens with zero attached hydrogens (tertiary/aromatic N) is 1. The fourth-order valence-corrected chi connectivity index (χ4v) is 3.24. The third-order valence-electron chi connectivity index (χ3n) is 3.33. The summed E-state index contributed by atoms with van der Waals surface area (Å²) in [5, 5.41) is 4.93. The van der Waals surface area contributed by atoms with E-state index in [0.717, 1.165) is 25.1 Å². The summed E-state index contributed by atoms with van der Waals surface area (Å²) in [4.78, 5) is 2.89. The van der Waals surface area contributed by atoms with Crippen LogP contribution in [-0.4, -0.2) is 52.8 Å². The molecule has 0 saturated carbocycles. The number of hydrogen-bond donors (Lipinski definition) is 2. The summed E-state index contributed by atoms with van der Waals surface area (Å²) in [6.45, 7) is 6.13. The molecule has 0 unspecified atom stereocenters. The Morgan fingerprint density at radius 1 is 1.19 bits per heavy atom. The fourth-order valence-electron chi connectivity index (χ4n) is 2.12. The number of sulfonamides is 1. The molecular weight excluding hydrogens is 290 g/mol. The van der Waals surface area contributed by atoms with Crippen molar-refractivity contribution in [3.8, 4) is 0 Å². The van der Waals surface area contributed by atoms with Crippen molar-refractivity contribution >= 4 is 10.0 Å². The molecule has 1 heterocycles. The second-order valence-electron chi connectivity index (χ2n) is 4.94. The highest BCUT2D eigenvalue weighted by atomic mass is 32.2. The molecule has 2 N–H and O–H groups in total. The Labute approximate surface area is 126 Å². The zero-order valence-corrected chi connectivity index (χ0v) is 13.2. The number of rotatable bonds is 7. The van der Waals surface area contributed by atoms with Crippen LogP contribution in [0.3, 0.4) is 0 Å². The topological polar surface area (TPSA) is 70.7 Å². The highest BCUT2D eigenvalue weighted by molar-refractivity contribution is 7.89. The first-order valence-electron chi connectivity index (χ1n) is 7.26. The minimum atomic E-state index is -3.50. The number of likely N-dealkylation sites (N-methyl/N-ethyl adjacent to an activating group) is 1. The molecule has 1 aliphatic rings. The van der Waals surface area contributed by atoms with E-state index in [-0.39, 0.29) is 0 Å². The van der Waals surface area contributed by atoms with Crippen molar-refractivity contribution in [2.75, 3.05) is 39.4 Å².